The highest BCUT2D eigenvalue weighted by molar-refractivity contribution is 7.33. The van der Waals surface area contributed by atoms with Crippen molar-refractivity contribution in [2.75, 3.05) is 13.2 Å². The molecule has 0 aromatic rings. The molecule has 0 saturated carbocycles. The van der Waals surface area contributed by atoms with Crippen molar-refractivity contribution in [2.45, 2.75) is 52.4 Å². The van der Waals surface area contributed by atoms with Crippen LogP contribution in [0.15, 0.2) is 0 Å². The zero-order valence-corrected chi connectivity index (χ0v) is 10.2. The molecule has 0 aliphatic heterocycles. The summed E-state index contributed by atoms with van der Waals surface area (Å²) in [5, 5.41) is 0. The Balaban J connectivity index is 0. The minimum absolute atomic E-state index is 0. The molecule has 90 valence electrons. The summed E-state index contributed by atoms with van der Waals surface area (Å²) in [6, 6.07) is 0. The van der Waals surface area contributed by atoms with E-state index in [4.69, 9.17) is 9.05 Å². The maximum absolute atomic E-state index is 11.1. The lowest BCUT2D eigenvalue weighted by Gasteiger charge is -1.92. The van der Waals surface area contributed by atoms with Crippen molar-refractivity contribution in [1.29, 1.82) is 0 Å². The highest BCUT2D eigenvalue weighted by Crippen LogP contribution is 2.24. The molecule has 0 saturated heterocycles. The zero-order valence-electron chi connectivity index (χ0n) is 9.33. The normalized spacial score (nSPS) is 9.73. The summed E-state index contributed by atoms with van der Waals surface area (Å²) in [6.07, 6.45) is 6.48. The van der Waals surface area contributed by atoms with Gasteiger partial charge >= 0.3 is 8.25 Å². The van der Waals surface area contributed by atoms with Crippen molar-refractivity contribution in [1.82, 2.24) is 0 Å². The van der Waals surface area contributed by atoms with Gasteiger partial charge in [-0.2, -0.15) is 0 Å². The second-order valence-electron chi connectivity index (χ2n) is 3.30. The zero-order chi connectivity index (χ0) is 10.6. The standard InChI is InChI=1S/C10H22O3P.Al.3H/c1-3-5-7-9-12-14(11)13-10-8-6-4-2;;;;/h3-10H2,1-2H3;;;;/q+1;;;;. The molecule has 0 amide bonds. The first kappa shape index (κ1) is 17.9. The lowest BCUT2D eigenvalue weighted by molar-refractivity contribution is 0.219. The van der Waals surface area contributed by atoms with E-state index in [1.165, 1.54) is 0 Å². The molecule has 0 bridgehead atoms. The summed E-state index contributed by atoms with van der Waals surface area (Å²) in [5.74, 6) is 0. The van der Waals surface area contributed by atoms with E-state index in [0.29, 0.717) is 13.2 Å². The van der Waals surface area contributed by atoms with Gasteiger partial charge in [-0.05, 0) is 12.8 Å². The van der Waals surface area contributed by atoms with E-state index in [1.807, 2.05) is 0 Å². The molecular formula is C10H25AlO3P+. The first-order valence-corrected chi connectivity index (χ1v) is 6.63. The van der Waals surface area contributed by atoms with Crippen LogP contribution >= 0.6 is 8.25 Å². The van der Waals surface area contributed by atoms with Gasteiger partial charge in [0, 0.05) is 4.57 Å². The van der Waals surface area contributed by atoms with E-state index in [9.17, 15) is 4.57 Å². The van der Waals surface area contributed by atoms with Gasteiger partial charge in [-0.15, -0.1) is 9.05 Å². The van der Waals surface area contributed by atoms with Crippen LogP contribution in [0.1, 0.15) is 52.4 Å². The molecule has 15 heavy (non-hydrogen) atoms. The predicted molar refractivity (Wildman–Crippen MR) is 68.5 cm³/mol. The summed E-state index contributed by atoms with van der Waals surface area (Å²) in [5.41, 5.74) is 0. The Kier molecular flexibility index (Phi) is 17.4. The number of hydrogen-bond donors (Lipinski definition) is 0. The van der Waals surface area contributed by atoms with E-state index >= 15 is 0 Å². The van der Waals surface area contributed by atoms with Gasteiger partial charge in [-0.3, -0.25) is 0 Å². The minimum atomic E-state index is -1.86. The quantitative estimate of drug-likeness (QED) is 0.340. The van der Waals surface area contributed by atoms with Crippen molar-refractivity contribution in [3.05, 3.63) is 0 Å². The highest BCUT2D eigenvalue weighted by atomic mass is 31.1. The van der Waals surface area contributed by atoms with Gasteiger partial charge in [0.05, 0.1) is 0 Å². The minimum Gasteiger partial charge on any atom is -0.119 e. The monoisotopic (exact) mass is 251 g/mol. The fourth-order valence-electron chi connectivity index (χ4n) is 1.02. The fourth-order valence-corrected chi connectivity index (χ4v) is 1.65. The van der Waals surface area contributed by atoms with E-state index < -0.39 is 8.25 Å². The Morgan fingerprint density at radius 1 is 0.867 bits per heavy atom. The highest BCUT2D eigenvalue weighted by Gasteiger charge is 2.18. The lowest BCUT2D eigenvalue weighted by Crippen LogP contribution is -1.91. The Morgan fingerprint density at radius 3 is 1.60 bits per heavy atom. The Morgan fingerprint density at radius 2 is 1.27 bits per heavy atom. The van der Waals surface area contributed by atoms with Crippen LogP contribution in [0.5, 0.6) is 0 Å². The molecule has 3 nitrogen and oxygen atoms in total. The van der Waals surface area contributed by atoms with Crippen LogP contribution in [0.2, 0.25) is 0 Å². The molecule has 5 heteroatoms. The molecule has 0 fully saturated rings. The van der Waals surface area contributed by atoms with Gasteiger partial charge in [0.25, 0.3) is 0 Å². The first-order valence-electron chi connectivity index (χ1n) is 5.54. The van der Waals surface area contributed by atoms with Gasteiger partial charge < -0.3 is 0 Å². The molecule has 0 atom stereocenters. The van der Waals surface area contributed by atoms with Crippen molar-refractivity contribution in [3.63, 3.8) is 0 Å². The maximum atomic E-state index is 11.1. The lowest BCUT2D eigenvalue weighted by atomic mass is 10.3. The van der Waals surface area contributed by atoms with E-state index in [-0.39, 0.29) is 17.4 Å². The van der Waals surface area contributed by atoms with Crippen LogP contribution in [-0.4, -0.2) is 30.6 Å². The van der Waals surface area contributed by atoms with E-state index in [1.54, 1.807) is 0 Å². The van der Waals surface area contributed by atoms with Gasteiger partial charge in [-0.1, -0.05) is 39.5 Å². The number of hydrogen-bond acceptors (Lipinski definition) is 3. The van der Waals surface area contributed by atoms with Crippen LogP contribution in [0.25, 0.3) is 0 Å². The van der Waals surface area contributed by atoms with Crippen LogP contribution in [0, 0.1) is 0 Å². The van der Waals surface area contributed by atoms with Crippen LogP contribution < -0.4 is 0 Å². The van der Waals surface area contributed by atoms with Gasteiger partial charge in [0.15, 0.2) is 17.4 Å². The number of unbranched alkanes of at least 4 members (excludes halogenated alkanes) is 4. The molecule has 0 aromatic heterocycles. The molecule has 0 unspecified atom stereocenters. The Bertz CT molecular complexity index is 131. The molecule has 0 aliphatic rings. The first-order chi connectivity index (χ1) is 6.81. The van der Waals surface area contributed by atoms with E-state index in [2.05, 4.69) is 13.8 Å². The van der Waals surface area contributed by atoms with Gasteiger partial charge in [0.2, 0.25) is 0 Å². The topological polar surface area (TPSA) is 35.5 Å². The smallest absolute Gasteiger partial charge is 0.119 e. The summed E-state index contributed by atoms with van der Waals surface area (Å²) < 4.78 is 21.1. The summed E-state index contributed by atoms with van der Waals surface area (Å²) in [7, 11) is -1.86. The SMILES string of the molecule is CCCCCO[P+](=O)OCCCCC.[AlH3]. The van der Waals surface area contributed by atoms with Crippen molar-refractivity contribution in [2.24, 2.45) is 0 Å². The fraction of sp³-hybridized carbons (Fsp3) is 1.00. The third-order valence-electron chi connectivity index (χ3n) is 1.89. The molecule has 0 aromatic carbocycles. The molecule has 0 spiro atoms. The second kappa shape index (κ2) is 14.6. The Labute approximate surface area is 105 Å². The molecule has 0 heterocycles. The number of rotatable bonds is 10. The molecule has 0 rings (SSSR count). The summed E-state index contributed by atoms with van der Waals surface area (Å²) in [4.78, 5) is 0. The third kappa shape index (κ3) is 14.6. The molecule has 0 radical (unpaired) electrons. The summed E-state index contributed by atoms with van der Waals surface area (Å²) >= 11 is 0. The predicted octanol–water partition coefficient (Wildman–Crippen LogP) is 2.87. The van der Waals surface area contributed by atoms with Crippen molar-refractivity contribution in [3.8, 4) is 0 Å². The maximum Gasteiger partial charge on any atom is 0.697 e. The van der Waals surface area contributed by atoms with Gasteiger partial charge in [0.1, 0.15) is 13.2 Å². The van der Waals surface area contributed by atoms with Crippen LogP contribution in [0.4, 0.5) is 0 Å². The van der Waals surface area contributed by atoms with Gasteiger partial charge in [-0.25, -0.2) is 0 Å². The molecule has 0 N–H and O–H groups in total. The third-order valence-corrected chi connectivity index (χ3v) is 2.68. The Hall–Kier alpha value is 0.552. The molecular weight excluding hydrogens is 226 g/mol. The second-order valence-corrected chi connectivity index (χ2v) is 4.27. The van der Waals surface area contributed by atoms with Crippen molar-refractivity contribution >= 4 is 25.6 Å². The van der Waals surface area contributed by atoms with E-state index in [0.717, 1.165) is 38.5 Å². The average Bonchev–Trinajstić information content (AvgIpc) is 2.19. The average molecular weight is 251 g/mol. The van der Waals surface area contributed by atoms with Crippen molar-refractivity contribution < 1.29 is 13.6 Å². The summed E-state index contributed by atoms with van der Waals surface area (Å²) in [6.45, 7) is 5.36. The molecule has 0 aliphatic carbocycles. The largest absolute Gasteiger partial charge is 0.697 e. The van der Waals surface area contributed by atoms with Crippen LogP contribution in [0.3, 0.4) is 0 Å². The van der Waals surface area contributed by atoms with Crippen LogP contribution in [-0.2, 0) is 13.6 Å².